The van der Waals surface area contributed by atoms with Crippen molar-refractivity contribution in [2.24, 2.45) is 0 Å². The van der Waals surface area contributed by atoms with Crippen LogP contribution in [-0.2, 0) is 14.4 Å². The molecule has 260 valence electrons. The van der Waals surface area contributed by atoms with Crippen molar-refractivity contribution in [2.75, 3.05) is 46.9 Å². The van der Waals surface area contributed by atoms with E-state index in [1.807, 2.05) is 92.6 Å². The molecule has 0 heterocycles. The molecular formula is C36H65FN4O4. The second-order valence-corrected chi connectivity index (χ2v) is 9.42. The fraction of sp³-hybridized carbons (Fsp3) is 0.583. The van der Waals surface area contributed by atoms with Crippen LogP contribution in [0.2, 0.25) is 0 Å². The van der Waals surface area contributed by atoms with Gasteiger partial charge in [0.25, 0.3) is 0 Å². The lowest BCUT2D eigenvalue weighted by Gasteiger charge is -2.21. The van der Waals surface area contributed by atoms with Crippen LogP contribution in [0.3, 0.4) is 0 Å². The Morgan fingerprint density at radius 1 is 1.02 bits per heavy atom. The van der Waals surface area contributed by atoms with Crippen molar-refractivity contribution in [1.82, 2.24) is 20.9 Å². The SMILES string of the molecule is C=O.CC.CC.CC1=CC=C(F)C=CC1.CCCCCNC.CCNC(=O)CN(C)C(=O)[C@H](C)NCCOc1ccccc1C. The van der Waals surface area contributed by atoms with E-state index in [1.54, 1.807) is 20.0 Å². The van der Waals surface area contributed by atoms with E-state index in [0.29, 0.717) is 19.7 Å². The number of hydrogen-bond acceptors (Lipinski definition) is 6. The molecule has 0 saturated heterocycles. The van der Waals surface area contributed by atoms with E-state index in [4.69, 9.17) is 9.53 Å². The zero-order valence-corrected chi connectivity index (χ0v) is 30.2. The van der Waals surface area contributed by atoms with Crippen LogP contribution < -0.4 is 20.7 Å². The predicted molar refractivity (Wildman–Crippen MR) is 190 cm³/mol. The molecule has 2 amide bonds. The van der Waals surface area contributed by atoms with Crippen molar-refractivity contribution in [3.05, 3.63) is 65.5 Å². The molecule has 45 heavy (non-hydrogen) atoms. The third-order valence-electron chi connectivity index (χ3n) is 5.68. The molecule has 0 saturated carbocycles. The Kier molecular flexibility index (Phi) is 39.8. The Hall–Kier alpha value is -3.30. The van der Waals surface area contributed by atoms with Crippen molar-refractivity contribution in [3.63, 3.8) is 0 Å². The first-order valence-electron chi connectivity index (χ1n) is 16.2. The smallest absolute Gasteiger partial charge is 0.239 e. The van der Waals surface area contributed by atoms with Crippen molar-refractivity contribution < 1.29 is 23.5 Å². The molecule has 1 aromatic rings. The number of aryl methyl sites for hydroxylation is 1. The number of hydrogen-bond donors (Lipinski definition) is 3. The molecule has 1 atom stereocenters. The number of carbonyl (C=O) groups is 3. The maximum atomic E-state index is 12.3. The van der Waals surface area contributed by atoms with Crippen LogP contribution in [0.1, 0.15) is 86.6 Å². The minimum atomic E-state index is -0.366. The first-order valence-corrected chi connectivity index (χ1v) is 16.2. The van der Waals surface area contributed by atoms with Gasteiger partial charge >= 0.3 is 0 Å². The van der Waals surface area contributed by atoms with Gasteiger partial charge in [0.2, 0.25) is 11.8 Å². The molecule has 3 N–H and O–H groups in total. The average molecular weight is 637 g/mol. The van der Waals surface area contributed by atoms with E-state index in [9.17, 15) is 14.0 Å². The van der Waals surface area contributed by atoms with Crippen LogP contribution in [0.15, 0.2) is 60.0 Å². The van der Waals surface area contributed by atoms with Crippen molar-refractivity contribution >= 4 is 18.6 Å². The maximum absolute atomic E-state index is 12.3. The standard InChI is InChI=1S/C17H27N3O3.C8H9F.C6H15N.2C2H6.CH2O/c1-5-18-16(21)12-20(4)17(22)14(3)19-10-11-23-15-9-7-6-8-13(15)2;1-7-3-2-4-8(9)6-5-7;1-3-4-5-6-7-2;3*1-2/h6-9,14,19H,5,10-12H2,1-4H3,(H,18,21);2,4-6H,3H2,1H3;7H,3-6H2,1-2H3;2*1-2H3;1H2/t14-;;;;;/m0...../s1. The van der Waals surface area contributed by atoms with Gasteiger partial charge in [0.1, 0.15) is 25.0 Å². The summed E-state index contributed by atoms with van der Waals surface area (Å²) in [6.45, 7) is 22.7. The number of rotatable bonds is 13. The van der Waals surface area contributed by atoms with Crippen LogP contribution in [0.5, 0.6) is 5.75 Å². The summed E-state index contributed by atoms with van der Waals surface area (Å²) >= 11 is 0. The summed E-state index contributed by atoms with van der Waals surface area (Å²) in [4.78, 5) is 33.0. The van der Waals surface area contributed by atoms with Gasteiger partial charge in [-0.1, -0.05) is 83.4 Å². The minimum absolute atomic E-state index is 0.0679. The summed E-state index contributed by atoms with van der Waals surface area (Å²) in [7, 11) is 3.62. The van der Waals surface area contributed by atoms with Gasteiger partial charge in [-0.2, -0.15) is 0 Å². The molecule has 1 aliphatic rings. The summed E-state index contributed by atoms with van der Waals surface area (Å²) in [5, 5.41) is 8.89. The lowest BCUT2D eigenvalue weighted by atomic mass is 10.2. The predicted octanol–water partition coefficient (Wildman–Crippen LogP) is 6.96. The highest BCUT2D eigenvalue weighted by Gasteiger charge is 2.18. The third kappa shape index (κ3) is 30.5. The monoisotopic (exact) mass is 636 g/mol. The Morgan fingerprint density at radius 3 is 2.20 bits per heavy atom. The average Bonchev–Trinajstić information content (AvgIpc) is 3.25. The number of nitrogens with zero attached hydrogens (tertiary/aromatic N) is 1. The summed E-state index contributed by atoms with van der Waals surface area (Å²) in [6, 6.07) is 7.44. The molecule has 0 radical (unpaired) electrons. The number of ether oxygens (including phenoxy) is 1. The minimum Gasteiger partial charge on any atom is -0.492 e. The Morgan fingerprint density at radius 2 is 1.64 bits per heavy atom. The van der Waals surface area contributed by atoms with Crippen molar-refractivity contribution in [2.45, 2.75) is 94.0 Å². The molecule has 0 unspecified atom stereocenters. The molecular weight excluding hydrogens is 571 g/mol. The summed E-state index contributed by atoms with van der Waals surface area (Å²) < 4.78 is 18.0. The van der Waals surface area contributed by atoms with Crippen molar-refractivity contribution in [3.8, 4) is 5.75 Å². The molecule has 0 fully saturated rings. The van der Waals surface area contributed by atoms with Crippen LogP contribution in [0, 0.1) is 6.92 Å². The summed E-state index contributed by atoms with van der Waals surface area (Å²) in [5.74, 6) is 0.416. The number of allylic oxidation sites excluding steroid dienone is 6. The van der Waals surface area contributed by atoms with Crippen LogP contribution in [-0.4, -0.2) is 76.4 Å². The van der Waals surface area contributed by atoms with E-state index in [2.05, 4.69) is 22.9 Å². The number of para-hydroxylation sites is 1. The fourth-order valence-corrected chi connectivity index (χ4v) is 3.37. The lowest BCUT2D eigenvalue weighted by molar-refractivity contribution is -0.136. The van der Waals surface area contributed by atoms with Crippen LogP contribution in [0.4, 0.5) is 4.39 Å². The number of carbonyl (C=O) groups excluding carboxylic acids is 3. The second kappa shape index (κ2) is 36.9. The van der Waals surface area contributed by atoms with Gasteiger partial charge in [0.05, 0.1) is 12.6 Å². The van der Waals surface area contributed by atoms with Crippen LogP contribution in [0.25, 0.3) is 0 Å². The van der Waals surface area contributed by atoms with E-state index < -0.39 is 0 Å². The molecule has 0 aliphatic heterocycles. The number of benzene rings is 1. The molecule has 1 aromatic carbocycles. The van der Waals surface area contributed by atoms with Gasteiger partial charge in [-0.05, 0) is 77.9 Å². The summed E-state index contributed by atoms with van der Waals surface area (Å²) in [6.07, 6.45) is 11.5. The topological polar surface area (TPSA) is 99.8 Å². The Balaban J connectivity index is -0.000000312. The third-order valence-corrected chi connectivity index (χ3v) is 5.68. The lowest BCUT2D eigenvalue weighted by Crippen LogP contribution is -2.47. The molecule has 0 bridgehead atoms. The molecule has 0 aromatic heterocycles. The summed E-state index contributed by atoms with van der Waals surface area (Å²) in [5.41, 5.74) is 2.28. The number of halogens is 1. The van der Waals surface area contributed by atoms with E-state index in [-0.39, 0.29) is 30.2 Å². The second-order valence-electron chi connectivity index (χ2n) is 9.42. The number of nitrogens with one attached hydrogen (secondary N) is 3. The van der Waals surface area contributed by atoms with E-state index >= 15 is 0 Å². The van der Waals surface area contributed by atoms with Gasteiger partial charge in [0.15, 0.2) is 0 Å². The van der Waals surface area contributed by atoms with Gasteiger partial charge in [-0.3, -0.25) is 9.59 Å². The normalized spacial score (nSPS) is 11.5. The molecule has 0 spiro atoms. The van der Waals surface area contributed by atoms with Gasteiger partial charge in [-0.15, -0.1) is 0 Å². The largest absolute Gasteiger partial charge is 0.492 e. The van der Waals surface area contributed by atoms with E-state index in [0.717, 1.165) is 17.7 Å². The molecule has 2 rings (SSSR count). The number of unbranched alkanes of at least 4 members (excludes halogenated alkanes) is 2. The highest BCUT2D eigenvalue weighted by molar-refractivity contribution is 5.87. The highest BCUT2D eigenvalue weighted by Crippen LogP contribution is 2.15. The Labute approximate surface area is 275 Å². The number of likely N-dealkylation sites (N-methyl/N-ethyl adjacent to an activating group) is 2. The van der Waals surface area contributed by atoms with Gasteiger partial charge in [0, 0.05) is 20.1 Å². The van der Waals surface area contributed by atoms with Gasteiger partial charge in [-0.25, -0.2) is 4.39 Å². The fourth-order valence-electron chi connectivity index (χ4n) is 3.37. The zero-order chi connectivity index (χ0) is 35.5. The molecule has 1 aliphatic carbocycles. The molecule has 9 heteroatoms. The van der Waals surface area contributed by atoms with E-state index in [1.165, 1.54) is 48.4 Å². The maximum Gasteiger partial charge on any atom is 0.239 e. The van der Waals surface area contributed by atoms with Crippen LogP contribution >= 0.6 is 0 Å². The van der Waals surface area contributed by atoms with Crippen molar-refractivity contribution in [1.29, 1.82) is 0 Å². The molecule has 8 nitrogen and oxygen atoms in total. The Bertz CT molecular complexity index is 931. The first kappa shape index (κ1) is 48.6. The highest BCUT2D eigenvalue weighted by atomic mass is 19.1. The number of amides is 2. The first-order chi connectivity index (χ1) is 21.7. The van der Waals surface area contributed by atoms with Gasteiger partial charge < -0.3 is 30.4 Å². The zero-order valence-electron chi connectivity index (χ0n) is 30.2. The quantitative estimate of drug-likeness (QED) is 0.203.